The molecule has 0 aromatic heterocycles. The lowest BCUT2D eigenvalue weighted by Crippen LogP contribution is -2.34. The topological polar surface area (TPSA) is 63.3 Å². The van der Waals surface area contributed by atoms with Crippen LogP contribution in [0.4, 0.5) is 4.39 Å². The highest BCUT2D eigenvalue weighted by Gasteiger charge is 2.31. The molecule has 3 N–H and O–H groups in total. The van der Waals surface area contributed by atoms with Crippen molar-refractivity contribution in [2.75, 3.05) is 6.54 Å². The molecule has 0 fully saturated rings. The average Bonchev–Trinajstić information content (AvgIpc) is 2.22. The lowest BCUT2D eigenvalue weighted by molar-refractivity contribution is -0.138. The molecule has 0 saturated heterocycles. The number of nitrogens with two attached hydrogens (primary N) is 1. The van der Waals surface area contributed by atoms with Gasteiger partial charge in [0.2, 0.25) is 0 Å². The van der Waals surface area contributed by atoms with Gasteiger partial charge < -0.3 is 10.8 Å². The summed E-state index contributed by atoms with van der Waals surface area (Å²) >= 11 is 11.5. The number of hydrogen-bond acceptors (Lipinski definition) is 2. The normalized spacial score (nSPS) is 14.4. The van der Waals surface area contributed by atoms with E-state index in [1.807, 2.05) is 0 Å². The van der Waals surface area contributed by atoms with Gasteiger partial charge in [0, 0.05) is 17.0 Å². The van der Waals surface area contributed by atoms with Crippen LogP contribution in [0.25, 0.3) is 0 Å². The Morgan fingerprint density at radius 3 is 2.53 bits per heavy atom. The molecule has 0 spiro atoms. The van der Waals surface area contributed by atoms with Crippen molar-refractivity contribution in [3.8, 4) is 0 Å². The molecule has 17 heavy (non-hydrogen) atoms. The van der Waals surface area contributed by atoms with E-state index in [0.717, 1.165) is 6.07 Å². The molecule has 0 aliphatic carbocycles. The highest BCUT2D eigenvalue weighted by atomic mass is 35.5. The largest absolute Gasteiger partial charge is 0.481 e. The fourth-order valence-corrected chi connectivity index (χ4v) is 2.21. The van der Waals surface area contributed by atoms with Crippen molar-refractivity contribution in [3.05, 3.63) is 33.6 Å². The Hall–Kier alpha value is -0.840. The van der Waals surface area contributed by atoms with Crippen molar-refractivity contribution in [1.82, 2.24) is 0 Å². The molecule has 0 aliphatic heterocycles. The number of halogens is 3. The minimum absolute atomic E-state index is 0.0418. The Balaban J connectivity index is 3.29. The SMILES string of the molecule is CC(CN)(CC(=O)O)c1cc(F)c(Cl)cc1Cl. The number of hydrogen-bond donors (Lipinski definition) is 2. The lowest BCUT2D eigenvalue weighted by atomic mass is 9.79. The third kappa shape index (κ3) is 3.09. The standard InChI is InChI=1S/C11H12Cl2FNO2/c1-11(5-15,4-10(16)17)6-2-9(14)8(13)3-7(6)12/h2-3H,4-5,15H2,1H3,(H,16,17). The van der Waals surface area contributed by atoms with Gasteiger partial charge in [-0.25, -0.2) is 4.39 Å². The van der Waals surface area contributed by atoms with Crippen LogP contribution in [0.2, 0.25) is 10.0 Å². The van der Waals surface area contributed by atoms with Gasteiger partial charge in [-0.2, -0.15) is 0 Å². The molecule has 0 bridgehead atoms. The molecular weight excluding hydrogens is 268 g/mol. The van der Waals surface area contributed by atoms with Crippen LogP contribution < -0.4 is 5.73 Å². The first-order chi connectivity index (χ1) is 7.80. The fraction of sp³-hybridized carbons (Fsp3) is 0.364. The summed E-state index contributed by atoms with van der Waals surface area (Å²) in [5.41, 5.74) is 5.00. The summed E-state index contributed by atoms with van der Waals surface area (Å²) in [6.07, 6.45) is -0.232. The lowest BCUT2D eigenvalue weighted by Gasteiger charge is -2.27. The van der Waals surface area contributed by atoms with Crippen LogP contribution in [0.5, 0.6) is 0 Å². The van der Waals surface area contributed by atoms with Gasteiger partial charge in [-0.3, -0.25) is 4.79 Å². The zero-order chi connectivity index (χ0) is 13.2. The smallest absolute Gasteiger partial charge is 0.304 e. The Kier molecular flexibility index (Phi) is 4.36. The van der Waals surface area contributed by atoms with Gasteiger partial charge >= 0.3 is 5.97 Å². The number of carboxylic acid groups (broad SMARTS) is 1. The van der Waals surface area contributed by atoms with Crippen LogP contribution in [-0.4, -0.2) is 17.6 Å². The Morgan fingerprint density at radius 2 is 2.06 bits per heavy atom. The predicted octanol–water partition coefficient (Wildman–Crippen LogP) is 2.82. The van der Waals surface area contributed by atoms with Crippen molar-refractivity contribution in [3.63, 3.8) is 0 Å². The second-order valence-electron chi connectivity index (χ2n) is 4.08. The van der Waals surface area contributed by atoms with Crippen molar-refractivity contribution >= 4 is 29.2 Å². The zero-order valence-electron chi connectivity index (χ0n) is 9.14. The van der Waals surface area contributed by atoms with Crippen molar-refractivity contribution in [2.45, 2.75) is 18.8 Å². The molecule has 0 aliphatic rings. The molecule has 1 rings (SSSR count). The molecule has 0 amide bonds. The molecule has 1 atom stereocenters. The van der Waals surface area contributed by atoms with Crippen LogP contribution in [-0.2, 0) is 10.2 Å². The molecule has 0 radical (unpaired) electrons. The molecule has 94 valence electrons. The molecule has 6 heteroatoms. The molecule has 1 unspecified atom stereocenters. The monoisotopic (exact) mass is 279 g/mol. The van der Waals surface area contributed by atoms with Gasteiger partial charge in [0.05, 0.1) is 11.4 Å². The van der Waals surface area contributed by atoms with Gasteiger partial charge in [0.25, 0.3) is 0 Å². The van der Waals surface area contributed by atoms with E-state index in [0.29, 0.717) is 5.56 Å². The molecule has 0 heterocycles. The number of carbonyl (C=O) groups is 1. The molecule has 0 saturated carbocycles. The van der Waals surface area contributed by atoms with Crippen molar-refractivity contribution < 1.29 is 14.3 Å². The van der Waals surface area contributed by atoms with E-state index in [2.05, 4.69) is 0 Å². The molecule has 1 aromatic rings. The number of aliphatic carboxylic acids is 1. The summed E-state index contributed by atoms with van der Waals surface area (Å²) < 4.78 is 13.4. The fourth-order valence-electron chi connectivity index (χ4n) is 1.60. The Bertz CT molecular complexity index is 453. The van der Waals surface area contributed by atoms with E-state index in [1.165, 1.54) is 6.07 Å². The maximum Gasteiger partial charge on any atom is 0.304 e. The number of carboxylic acids is 1. The predicted molar refractivity (Wildman–Crippen MR) is 65.1 cm³/mol. The first kappa shape index (κ1) is 14.2. The Labute approximate surface area is 108 Å². The summed E-state index contributed by atoms with van der Waals surface area (Å²) in [5, 5.41) is 8.95. The molecular formula is C11H12Cl2FNO2. The maximum absolute atomic E-state index is 13.4. The summed E-state index contributed by atoms with van der Waals surface area (Å²) in [6, 6.07) is 2.39. The van der Waals surface area contributed by atoms with E-state index in [9.17, 15) is 9.18 Å². The number of benzene rings is 1. The molecule has 3 nitrogen and oxygen atoms in total. The van der Waals surface area contributed by atoms with E-state index >= 15 is 0 Å². The third-order valence-corrected chi connectivity index (χ3v) is 3.25. The van der Waals surface area contributed by atoms with E-state index in [4.69, 9.17) is 34.0 Å². The van der Waals surface area contributed by atoms with Crippen LogP contribution in [0.1, 0.15) is 18.9 Å². The van der Waals surface area contributed by atoms with Crippen LogP contribution >= 0.6 is 23.2 Å². The maximum atomic E-state index is 13.4. The van der Waals surface area contributed by atoms with Crippen molar-refractivity contribution in [2.24, 2.45) is 5.73 Å². The highest BCUT2D eigenvalue weighted by molar-refractivity contribution is 6.35. The van der Waals surface area contributed by atoms with Gasteiger partial charge in [-0.15, -0.1) is 0 Å². The third-order valence-electron chi connectivity index (χ3n) is 2.65. The summed E-state index contributed by atoms with van der Waals surface area (Å²) in [7, 11) is 0. The van der Waals surface area contributed by atoms with Gasteiger partial charge in [0.15, 0.2) is 0 Å². The summed E-state index contributed by atoms with van der Waals surface area (Å²) in [6.45, 7) is 1.66. The Morgan fingerprint density at radius 1 is 1.47 bits per heavy atom. The van der Waals surface area contributed by atoms with Crippen LogP contribution in [0.3, 0.4) is 0 Å². The average molecular weight is 280 g/mol. The number of rotatable bonds is 4. The second kappa shape index (κ2) is 5.21. The molecule has 1 aromatic carbocycles. The van der Waals surface area contributed by atoms with Crippen LogP contribution in [0.15, 0.2) is 12.1 Å². The van der Waals surface area contributed by atoms with Crippen LogP contribution in [0, 0.1) is 5.82 Å². The van der Waals surface area contributed by atoms with E-state index in [1.54, 1.807) is 6.92 Å². The highest BCUT2D eigenvalue weighted by Crippen LogP contribution is 2.35. The van der Waals surface area contributed by atoms with Crippen molar-refractivity contribution in [1.29, 1.82) is 0 Å². The van der Waals surface area contributed by atoms with E-state index < -0.39 is 17.2 Å². The van der Waals surface area contributed by atoms with Gasteiger partial charge in [0.1, 0.15) is 5.82 Å². The first-order valence-corrected chi connectivity index (χ1v) is 5.62. The first-order valence-electron chi connectivity index (χ1n) is 4.87. The minimum Gasteiger partial charge on any atom is -0.481 e. The van der Waals surface area contributed by atoms with Gasteiger partial charge in [-0.1, -0.05) is 30.1 Å². The summed E-state index contributed by atoms with van der Waals surface area (Å²) in [5.74, 6) is -1.67. The summed E-state index contributed by atoms with van der Waals surface area (Å²) in [4.78, 5) is 10.8. The van der Waals surface area contributed by atoms with Gasteiger partial charge in [-0.05, 0) is 17.7 Å². The zero-order valence-corrected chi connectivity index (χ0v) is 10.6. The van der Waals surface area contributed by atoms with E-state index in [-0.39, 0.29) is 23.0 Å². The second-order valence-corrected chi connectivity index (χ2v) is 4.90. The minimum atomic E-state index is -1.02. The quantitative estimate of drug-likeness (QED) is 0.833.